The first kappa shape index (κ1) is 16.1. The van der Waals surface area contributed by atoms with Crippen LogP contribution in [0.1, 0.15) is 33.6 Å². The standard InChI is InChI=1S/C16H22O2S2/c1-4-6-12-9-14(17)16(20-12)8-7-13-10-15(18-5-2)11(3)19-13/h11-17H,5,9-10H2,1-3H3. The van der Waals surface area contributed by atoms with Crippen molar-refractivity contribution in [2.75, 3.05) is 6.61 Å². The summed E-state index contributed by atoms with van der Waals surface area (Å²) in [7, 11) is 0. The van der Waals surface area contributed by atoms with Crippen LogP contribution in [-0.2, 0) is 4.74 Å². The molecular weight excluding hydrogens is 288 g/mol. The number of aliphatic hydroxyl groups is 1. The normalized spacial score (nSPS) is 39.8. The van der Waals surface area contributed by atoms with Gasteiger partial charge in [-0.05, 0) is 26.7 Å². The van der Waals surface area contributed by atoms with E-state index in [1.807, 2.05) is 25.6 Å². The first-order chi connectivity index (χ1) is 9.63. The maximum absolute atomic E-state index is 10.0. The van der Waals surface area contributed by atoms with Gasteiger partial charge in [0.05, 0.1) is 28.0 Å². The number of hydrogen-bond acceptors (Lipinski definition) is 4. The lowest BCUT2D eigenvalue weighted by molar-refractivity contribution is 0.0655. The van der Waals surface area contributed by atoms with Gasteiger partial charge in [-0.15, -0.1) is 29.4 Å². The van der Waals surface area contributed by atoms with Crippen LogP contribution in [0.2, 0.25) is 0 Å². The topological polar surface area (TPSA) is 29.5 Å². The van der Waals surface area contributed by atoms with E-state index in [9.17, 15) is 5.11 Å². The molecule has 2 aliphatic rings. The predicted octanol–water partition coefficient (Wildman–Crippen LogP) is 2.55. The molecule has 1 N–H and O–H groups in total. The van der Waals surface area contributed by atoms with Crippen molar-refractivity contribution >= 4 is 23.5 Å². The molecule has 0 amide bonds. The minimum Gasteiger partial charge on any atom is -0.391 e. The van der Waals surface area contributed by atoms with Gasteiger partial charge in [-0.1, -0.05) is 24.7 Å². The Kier molecular flexibility index (Phi) is 6.18. The number of hydrogen-bond donors (Lipinski definition) is 1. The van der Waals surface area contributed by atoms with Crippen molar-refractivity contribution < 1.29 is 9.84 Å². The smallest absolute Gasteiger partial charge is 0.0928 e. The molecule has 0 saturated carbocycles. The Morgan fingerprint density at radius 2 is 1.90 bits per heavy atom. The van der Waals surface area contributed by atoms with E-state index in [0.717, 1.165) is 19.4 Å². The lowest BCUT2D eigenvalue weighted by atomic mass is 10.1. The molecule has 6 atom stereocenters. The van der Waals surface area contributed by atoms with Gasteiger partial charge in [-0.3, -0.25) is 0 Å². The van der Waals surface area contributed by atoms with E-state index in [-0.39, 0.29) is 16.6 Å². The van der Waals surface area contributed by atoms with Crippen LogP contribution in [0.4, 0.5) is 0 Å². The molecular formula is C16H22O2S2. The van der Waals surface area contributed by atoms with Gasteiger partial charge in [-0.25, -0.2) is 0 Å². The molecule has 2 fully saturated rings. The number of aliphatic hydroxyl groups excluding tert-OH is 1. The quantitative estimate of drug-likeness (QED) is 0.794. The van der Waals surface area contributed by atoms with Crippen molar-refractivity contribution in [2.24, 2.45) is 0 Å². The SMILES string of the molecule is CC#CC1CC(O)C(C#CC2CC(OCC)C(C)S2)S1. The Balaban J connectivity index is 1.89. The Labute approximate surface area is 130 Å². The van der Waals surface area contributed by atoms with Crippen molar-refractivity contribution in [1.29, 1.82) is 0 Å². The number of ether oxygens (including phenoxy) is 1. The van der Waals surface area contributed by atoms with E-state index in [4.69, 9.17) is 4.74 Å². The van der Waals surface area contributed by atoms with Crippen LogP contribution in [0.3, 0.4) is 0 Å². The Morgan fingerprint density at radius 1 is 1.15 bits per heavy atom. The second kappa shape index (κ2) is 7.66. The monoisotopic (exact) mass is 310 g/mol. The van der Waals surface area contributed by atoms with E-state index >= 15 is 0 Å². The lowest BCUT2D eigenvalue weighted by Crippen LogP contribution is -2.18. The molecule has 2 heterocycles. The molecule has 20 heavy (non-hydrogen) atoms. The molecule has 0 aromatic carbocycles. The fraction of sp³-hybridized carbons (Fsp3) is 0.750. The van der Waals surface area contributed by atoms with Gasteiger partial charge in [-0.2, -0.15) is 0 Å². The highest BCUT2D eigenvalue weighted by atomic mass is 32.2. The fourth-order valence-corrected chi connectivity index (χ4v) is 5.14. The van der Waals surface area contributed by atoms with Crippen LogP contribution in [0, 0.1) is 23.7 Å². The summed E-state index contributed by atoms with van der Waals surface area (Å²) in [4.78, 5) is 0. The molecule has 4 heteroatoms. The molecule has 0 aliphatic carbocycles. The third-order valence-corrected chi connectivity index (χ3v) is 6.27. The molecule has 2 aliphatic heterocycles. The van der Waals surface area contributed by atoms with Crippen LogP contribution in [0.5, 0.6) is 0 Å². The molecule has 2 saturated heterocycles. The van der Waals surface area contributed by atoms with Crippen LogP contribution in [0.25, 0.3) is 0 Å². The lowest BCUT2D eigenvalue weighted by Gasteiger charge is -2.12. The summed E-state index contributed by atoms with van der Waals surface area (Å²) in [5, 5.41) is 11.1. The van der Waals surface area contributed by atoms with Crippen LogP contribution >= 0.6 is 23.5 Å². The fourth-order valence-electron chi connectivity index (χ4n) is 2.54. The molecule has 110 valence electrons. The summed E-state index contributed by atoms with van der Waals surface area (Å²) in [5.41, 5.74) is 0. The van der Waals surface area contributed by atoms with Crippen molar-refractivity contribution in [3.63, 3.8) is 0 Å². The molecule has 2 nitrogen and oxygen atoms in total. The largest absolute Gasteiger partial charge is 0.391 e. The molecule has 0 radical (unpaired) electrons. The highest BCUT2D eigenvalue weighted by Crippen LogP contribution is 2.36. The summed E-state index contributed by atoms with van der Waals surface area (Å²) in [5.74, 6) is 12.6. The van der Waals surface area contributed by atoms with E-state index in [0.29, 0.717) is 16.6 Å². The molecule has 2 rings (SSSR count). The first-order valence-electron chi connectivity index (χ1n) is 7.18. The second-order valence-electron chi connectivity index (χ2n) is 5.09. The third-order valence-electron chi connectivity index (χ3n) is 3.54. The number of rotatable bonds is 2. The van der Waals surface area contributed by atoms with Gasteiger partial charge >= 0.3 is 0 Å². The molecule has 0 spiro atoms. The molecule has 0 bridgehead atoms. The van der Waals surface area contributed by atoms with Gasteiger partial charge in [0.2, 0.25) is 0 Å². The van der Waals surface area contributed by atoms with Gasteiger partial charge in [0.15, 0.2) is 0 Å². The Bertz CT molecular complexity index is 443. The van der Waals surface area contributed by atoms with Crippen LogP contribution < -0.4 is 0 Å². The maximum Gasteiger partial charge on any atom is 0.0928 e. The second-order valence-corrected chi connectivity index (χ2v) is 8.02. The zero-order valence-corrected chi connectivity index (χ0v) is 13.9. The first-order valence-corrected chi connectivity index (χ1v) is 9.06. The summed E-state index contributed by atoms with van der Waals surface area (Å²) in [6.07, 6.45) is 1.72. The van der Waals surface area contributed by atoms with E-state index < -0.39 is 0 Å². The minimum atomic E-state index is -0.343. The Hall–Kier alpha value is -0.260. The third kappa shape index (κ3) is 4.12. The molecule has 0 aromatic heterocycles. The summed E-state index contributed by atoms with van der Waals surface area (Å²) in [6, 6.07) is 0. The van der Waals surface area contributed by atoms with E-state index in [1.165, 1.54) is 0 Å². The van der Waals surface area contributed by atoms with Gasteiger partial charge < -0.3 is 9.84 Å². The van der Waals surface area contributed by atoms with Crippen molar-refractivity contribution in [1.82, 2.24) is 0 Å². The van der Waals surface area contributed by atoms with E-state index in [1.54, 1.807) is 11.8 Å². The van der Waals surface area contributed by atoms with Crippen LogP contribution in [0.15, 0.2) is 0 Å². The van der Waals surface area contributed by atoms with Crippen molar-refractivity contribution in [3.05, 3.63) is 0 Å². The average Bonchev–Trinajstić information content (AvgIpc) is 2.92. The highest BCUT2D eigenvalue weighted by Gasteiger charge is 2.33. The zero-order chi connectivity index (χ0) is 14.5. The van der Waals surface area contributed by atoms with Gasteiger partial charge in [0.1, 0.15) is 0 Å². The molecule has 6 unspecified atom stereocenters. The van der Waals surface area contributed by atoms with Crippen molar-refractivity contribution in [3.8, 4) is 23.7 Å². The van der Waals surface area contributed by atoms with E-state index in [2.05, 4.69) is 30.6 Å². The van der Waals surface area contributed by atoms with Crippen molar-refractivity contribution in [2.45, 2.75) is 66.8 Å². The van der Waals surface area contributed by atoms with Gasteiger partial charge in [0.25, 0.3) is 0 Å². The Morgan fingerprint density at radius 3 is 2.60 bits per heavy atom. The zero-order valence-electron chi connectivity index (χ0n) is 12.3. The summed E-state index contributed by atoms with van der Waals surface area (Å²) in [6.45, 7) is 6.86. The highest BCUT2D eigenvalue weighted by molar-refractivity contribution is 8.01. The maximum atomic E-state index is 10.0. The molecule has 0 aromatic rings. The predicted molar refractivity (Wildman–Crippen MR) is 87.9 cm³/mol. The number of thioether (sulfide) groups is 2. The summed E-state index contributed by atoms with van der Waals surface area (Å²) >= 11 is 3.59. The van der Waals surface area contributed by atoms with Gasteiger partial charge in [0, 0.05) is 11.9 Å². The minimum absolute atomic E-state index is 0.0166. The summed E-state index contributed by atoms with van der Waals surface area (Å²) < 4.78 is 5.73. The average molecular weight is 310 g/mol. The van der Waals surface area contributed by atoms with Crippen LogP contribution in [-0.4, -0.2) is 44.9 Å².